The fraction of sp³-hybridized carbons (Fsp3) is 0.349. The molecule has 0 aromatic heterocycles. The minimum atomic E-state index is -1.20. The Balaban J connectivity index is 1.34. The van der Waals surface area contributed by atoms with Gasteiger partial charge in [0.25, 0.3) is 17.7 Å². The van der Waals surface area contributed by atoms with Crippen LogP contribution in [0.1, 0.15) is 89.2 Å². The SMILES string of the molecule is CCC(Oc1ccc(C(C)(C)CC)cc1C(C)(C)CC)C(=O)Nc1cccc(C(=O)NC2=NN(c3ccccc3)C(=O)C2N=Nc2ccc(OC)cc2)c1. The van der Waals surface area contributed by atoms with Crippen molar-refractivity contribution in [2.45, 2.75) is 90.7 Å². The lowest BCUT2D eigenvalue weighted by atomic mass is 9.76. The number of methoxy groups -OCH3 is 1. The fourth-order valence-corrected chi connectivity index (χ4v) is 5.77. The van der Waals surface area contributed by atoms with Crippen LogP contribution in [0.25, 0.3) is 0 Å². The first-order valence-corrected chi connectivity index (χ1v) is 18.4. The number of hydrogen-bond donors (Lipinski definition) is 2. The molecule has 2 N–H and O–H groups in total. The van der Waals surface area contributed by atoms with Gasteiger partial charge in [-0.2, -0.15) is 15.2 Å². The third-order valence-corrected chi connectivity index (χ3v) is 10.1. The number of amidine groups is 1. The zero-order valence-corrected chi connectivity index (χ0v) is 32.3. The summed E-state index contributed by atoms with van der Waals surface area (Å²) < 4.78 is 11.7. The van der Waals surface area contributed by atoms with E-state index in [1.807, 2.05) is 19.1 Å². The lowest BCUT2D eigenvalue weighted by Gasteiger charge is -2.31. The molecule has 0 aliphatic carbocycles. The first-order chi connectivity index (χ1) is 25.8. The predicted molar refractivity (Wildman–Crippen MR) is 213 cm³/mol. The average molecular weight is 731 g/mol. The van der Waals surface area contributed by atoms with Gasteiger partial charge in [-0.1, -0.05) is 84.9 Å². The Kier molecular flexibility index (Phi) is 12.3. The minimum Gasteiger partial charge on any atom is -0.497 e. The van der Waals surface area contributed by atoms with Crippen LogP contribution >= 0.6 is 0 Å². The quantitative estimate of drug-likeness (QED) is 0.125. The number of nitrogens with zero attached hydrogens (tertiary/aromatic N) is 4. The van der Waals surface area contributed by atoms with Gasteiger partial charge >= 0.3 is 0 Å². The molecule has 0 fully saturated rings. The van der Waals surface area contributed by atoms with Gasteiger partial charge in [0, 0.05) is 16.8 Å². The van der Waals surface area contributed by atoms with Crippen molar-refractivity contribution in [1.29, 1.82) is 0 Å². The Morgan fingerprint density at radius 2 is 1.56 bits per heavy atom. The van der Waals surface area contributed by atoms with E-state index in [-0.39, 0.29) is 28.1 Å². The fourth-order valence-electron chi connectivity index (χ4n) is 5.77. The maximum atomic E-state index is 13.7. The maximum Gasteiger partial charge on any atom is 0.282 e. The number of rotatable bonds is 14. The number of azo groups is 1. The number of benzene rings is 4. The van der Waals surface area contributed by atoms with Crippen LogP contribution in [-0.4, -0.2) is 42.8 Å². The van der Waals surface area contributed by atoms with E-state index in [0.717, 1.165) is 18.4 Å². The summed E-state index contributed by atoms with van der Waals surface area (Å²) in [6.45, 7) is 15.1. The summed E-state index contributed by atoms with van der Waals surface area (Å²) in [5.74, 6) is -0.00616. The standard InChI is InChI=1S/C43H50N6O5/c1-9-35(54-36-25-20-29(42(4,5)10-2)27-34(36)43(6,7)11-3)40(51)44-31-17-15-16-28(26-31)39(50)45-38-37(47-46-30-21-23-33(53-8)24-22-30)41(52)49(48-38)32-18-13-12-14-19-32/h12-27,35,37H,9-11H2,1-8H3,(H,44,51)(H,45,48,50). The molecule has 54 heavy (non-hydrogen) atoms. The van der Waals surface area contributed by atoms with Crippen molar-refractivity contribution in [1.82, 2.24) is 5.32 Å². The molecule has 0 saturated carbocycles. The molecule has 2 unspecified atom stereocenters. The van der Waals surface area contributed by atoms with Crippen LogP contribution in [0.4, 0.5) is 17.1 Å². The minimum absolute atomic E-state index is 0.000614. The van der Waals surface area contributed by atoms with Gasteiger partial charge in [0.15, 0.2) is 11.9 Å². The first-order valence-electron chi connectivity index (χ1n) is 18.4. The highest BCUT2D eigenvalue weighted by atomic mass is 16.5. The van der Waals surface area contributed by atoms with Crippen LogP contribution < -0.4 is 25.1 Å². The zero-order chi connectivity index (χ0) is 39.0. The van der Waals surface area contributed by atoms with Crippen molar-refractivity contribution in [3.63, 3.8) is 0 Å². The van der Waals surface area contributed by atoms with E-state index in [0.29, 0.717) is 35.0 Å². The molecule has 1 aliphatic heterocycles. The topological polar surface area (TPSA) is 134 Å². The van der Waals surface area contributed by atoms with Crippen LogP contribution in [0, 0.1) is 0 Å². The van der Waals surface area contributed by atoms with Crippen molar-refractivity contribution >= 4 is 40.6 Å². The molecule has 11 heteroatoms. The summed E-state index contributed by atoms with van der Waals surface area (Å²) in [6, 6.07) is 27.4. The number of hydrogen-bond acceptors (Lipinski definition) is 8. The van der Waals surface area contributed by atoms with E-state index in [1.54, 1.807) is 79.9 Å². The molecule has 5 rings (SSSR count). The summed E-state index contributed by atoms with van der Waals surface area (Å²) >= 11 is 0. The second-order valence-corrected chi connectivity index (χ2v) is 14.5. The van der Waals surface area contributed by atoms with Crippen LogP contribution in [0.15, 0.2) is 112 Å². The zero-order valence-electron chi connectivity index (χ0n) is 32.3. The third-order valence-electron chi connectivity index (χ3n) is 10.1. The van der Waals surface area contributed by atoms with Gasteiger partial charge in [0.05, 0.1) is 18.5 Å². The molecule has 0 saturated heterocycles. The second-order valence-electron chi connectivity index (χ2n) is 14.5. The van der Waals surface area contributed by atoms with Gasteiger partial charge in [-0.15, -0.1) is 5.10 Å². The molecule has 11 nitrogen and oxygen atoms in total. The van der Waals surface area contributed by atoms with Gasteiger partial charge in [-0.25, -0.2) is 0 Å². The van der Waals surface area contributed by atoms with Crippen molar-refractivity contribution < 1.29 is 23.9 Å². The van der Waals surface area contributed by atoms with Crippen molar-refractivity contribution in [2.75, 3.05) is 17.4 Å². The van der Waals surface area contributed by atoms with E-state index < -0.39 is 24.0 Å². The molecule has 0 radical (unpaired) electrons. The highest BCUT2D eigenvalue weighted by molar-refractivity contribution is 6.22. The van der Waals surface area contributed by atoms with Crippen molar-refractivity contribution in [2.24, 2.45) is 15.3 Å². The molecule has 0 spiro atoms. The smallest absolute Gasteiger partial charge is 0.282 e. The number of carbonyl (C=O) groups excluding carboxylic acids is 3. The summed E-state index contributed by atoms with van der Waals surface area (Å²) in [7, 11) is 1.56. The molecule has 1 aliphatic rings. The van der Waals surface area contributed by atoms with Crippen molar-refractivity contribution in [3.05, 3.63) is 114 Å². The largest absolute Gasteiger partial charge is 0.497 e. The molecular formula is C43H50N6O5. The Bertz CT molecular complexity index is 2020. The molecule has 4 aromatic carbocycles. The number of ether oxygens (including phenoxy) is 2. The van der Waals surface area contributed by atoms with Gasteiger partial charge in [0.1, 0.15) is 11.5 Å². The van der Waals surface area contributed by atoms with Gasteiger partial charge in [0.2, 0.25) is 6.04 Å². The Hall–Kier alpha value is -5.84. The normalized spacial score (nSPS) is 15.2. The number of para-hydroxylation sites is 1. The van der Waals surface area contributed by atoms with Crippen LogP contribution in [0.2, 0.25) is 0 Å². The Labute approximate surface area is 317 Å². The van der Waals surface area contributed by atoms with Crippen molar-refractivity contribution in [3.8, 4) is 11.5 Å². The number of nitrogens with one attached hydrogen (secondary N) is 2. The monoisotopic (exact) mass is 730 g/mol. The van der Waals surface area contributed by atoms with E-state index in [1.165, 1.54) is 10.6 Å². The number of anilines is 2. The van der Waals surface area contributed by atoms with E-state index in [9.17, 15) is 14.4 Å². The first kappa shape index (κ1) is 39.4. The van der Waals surface area contributed by atoms with Crippen LogP contribution in [-0.2, 0) is 20.4 Å². The summed E-state index contributed by atoms with van der Waals surface area (Å²) in [5.41, 5.74) is 3.78. The highest BCUT2D eigenvalue weighted by Crippen LogP contribution is 2.39. The Morgan fingerprint density at radius 1 is 0.852 bits per heavy atom. The lowest BCUT2D eigenvalue weighted by molar-refractivity contribution is -0.123. The van der Waals surface area contributed by atoms with Gasteiger partial charge < -0.3 is 20.1 Å². The van der Waals surface area contributed by atoms with Gasteiger partial charge in [-0.3, -0.25) is 14.4 Å². The number of carbonyl (C=O) groups is 3. The summed E-state index contributed by atoms with van der Waals surface area (Å²) in [4.78, 5) is 40.9. The number of amides is 3. The molecule has 3 amide bonds. The summed E-state index contributed by atoms with van der Waals surface area (Å²) in [5, 5.41) is 19.8. The van der Waals surface area contributed by atoms with E-state index >= 15 is 0 Å². The summed E-state index contributed by atoms with van der Waals surface area (Å²) in [6.07, 6.45) is 1.54. The third kappa shape index (κ3) is 9.02. The average Bonchev–Trinajstić information content (AvgIpc) is 3.50. The van der Waals surface area contributed by atoms with Crippen LogP contribution in [0.3, 0.4) is 0 Å². The van der Waals surface area contributed by atoms with Gasteiger partial charge in [-0.05, 0) is 96.3 Å². The molecule has 282 valence electrons. The molecule has 1 heterocycles. The highest BCUT2D eigenvalue weighted by Gasteiger charge is 2.38. The maximum absolute atomic E-state index is 13.7. The molecule has 0 bridgehead atoms. The number of hydrazone groups is 1. The van der Waals surface area contributed by atoms with E-state index in [4.69, 9.17) is 9.47 Å². The molecule has 4 aromatic rings. The second kappa shape index (κ2) is 16.9. The Morgan fingerprint density at radius 3 is 2.20 bits per heavy atom. The molecule has 2 atom stereocenters. The molecular weight excluding hydrogens is 681 g/mol. The van der Waals surface area contributed by atoms with E-state index in [2.05, 4.69) is 79.6 Å². The van der Waals surface area contributed by atoms with Crippen LogP contribution in [0.5, 0.6) is 11.5 Å². The predicted octanol–water partition coefficient (Wildman–Crippen LogP) is 9.11. The lowest BCUT2D eigenvalue weighted by Crippen LogP contribution is -2.39.